The molecule has 0 aliphatic heterocycles. The molecular formula is C8H14NaSi. The molecule has 0 unspecified atom stereocenters. The summed E-state index contributed by atoms with van der Waals surface area (Å²) in [5, 5.41) is 0. The van der Waals surface area contributed by atoms with Gasteiger partial charge in [-0.1, -0.05) is 43.9 Å². The Kier molecular flexibility index (Phi) is 4.18. The molecule has 0 spiro atoms. The van der Waals surface area contributed by atoms with Gasteiger partial charge in [0.25, 0.3) is 0 Å². The third-order valence-electron chi connectivity index (χ3n) is 1.75. The minimum Gasteiger partial charge on any atom is -0.0804 e. The van der Waals surface area contributed by atoms with Crippen molar-refractivity contribution in [2.75, 3.05) is 0 Å². The van der Waals surface area contributed by atoms with Crippen LogP contribution in [0.2, 0.25) is 25.2 Å². The standard InChI is InChI=1S/C8H14Si.Na/c1-9(2,3)8-6-4-5-7-8;/h4-8H,1-3H3;. The van der Waals surface area contributed by atoms with Crippen molar-refractivity contribution in [3.05, 3.63) is 24.3 Å². The number of allylic oxidation sites excluding steroid dienone is 4. The van der Waals surface area contributed by atoms with Crippen LogP contribution in [0.15, 0.2) is 24.3 Å². The van der Waals surface area contributed by atoms with E-state index >= 15 is 0 Å². The summed E-state index contributed by atoms with van der Waals surface area (Å²) in [5.74, 6) is 0. The van der Waals surface area contributed by atoms with Gasteiger partial charge < -0.3 is 0 Å². The first kappa shape index (κ1) is 10.7. The summed E-state index contributed by atoms with van der Waals surface area (Å²) in [7, 11) is -0.898. The van der Waals surface area contributed by atoms with Crippen LogP contribution in [-0.4, -0.2) is 37.6 Å². The molecule has 0 atom stereocenters. The molecule has 0 fully saturated rings. The summed E-state index contributed by atoms with van der Waals surface area (Å²) < 4.78 is 0. The summed E-state index contributed by atoms with van der Waals surface area (Å²) in [6.07, 6.45) is 8.93. The molecule has 1 aliphatic rings. The Morgan fingerprint density at radius 2 is 1.40 bits per heavy atom. The smallest absolute Gasteiger partial charge is 0.0558 e. The zero-order valence-corrected chi connectivity index (χ0v) is 10.4. The van der Waals surface area contributed by atoms with Gasteiger partial charge in [-0.25, -0.2) is 0 Å². The average molecular weight is 161 g/mol. The van der Waals surface area contributed by atoms with Gasteiger partial charge >= 0.3 is 0 Å². The normalized spacial score (nSPS) is 17.5. The summed E-state index contributed by atoms with van der Waals surface area (Å²) >= 11 is 0. The van der Waals surface area contributed by atoms with Gasteiger partial charge in [-0.15, -0.1) is 0 Å². The summed E-state index contributed by atoms with van der Waals surface area (Å²) in [6, 6.07) is 0. The van der Waals surface area contributed by atoms with E-state index in [2.05, 4.69) is 43.9 Å². The van der Waals surface area contributed by atoms with Crippen LogP contribution in [0.3, 0.4) is 0 Å². The first-order chi connectivity index (χ1) is 4.11. The van der Waals surface area contributed by atoms with Gasteiger partial charge in [-0.05, 0) is 5.54 Å². The molecule has 0 amide bonds. The number of rotatable bonds is 1. The van der Waals surface area contributed by atoms with Gasteiger partial charge in [0.1, 0.15) is 0 Å². The maximum absolute atomic E-state index is 2.40. The van der Waals surface area contributed by atoms with Crippen LogP contribution in [0, 0.1) is 0 Å². The van der Waals surface area contributed by atoms with Crippen LogP contribution in [0.4, 0.5) is 0 Å². The van der Waals surface area contributed by atoms with Crippen LogP contribution in [-0.2, 0) is 0 Å². The molecule has 1 aliphatic carbocycles. The molecule has 0 nitrogen and oxygen atoms in total. The predicted octanol–water partition coefficient (Wildman–Crippen LogP) is 2.44. The van der Waals surface area contributed by atoms with Crippen molar-refractivity contribution in [1.82, 2.24) is 0 Å². The van der Waals surface area contributed by atoms with E-state index in [0.717, 1.165) is 5.54 Å². The Bertz CT molecular complexity index is 141. The van der Waals surface area contributed by atoms with Crippen molar-refractivity contribution >= 4 is 37.6 Å². The van der Waals surface area contributed by atoms with Crippen LogP contribution in [0.25, 0.3) is 0 Å². The molecule has 0 aromatic carbocycles. The van der Waals surface area contributed by atoms with Crippen molar-refractivity contribution in [3.63, 3.8) is 0 Å². The van der Waals surface area contributed by atoms with Gasteiger partial charge in [-0.2, -0.15) is 0 Å². The molecular weight excluding hydrogens is 147 g/mol. The van der Waals surface area contributed by atoms with Crippen molar-refractivity contribution in [3.8, 4) is 0 Å². The number of hydrogen-bond donors (Lipinski definition) is 0. The minimum absolute atomic E-state index is 0. The molecule has 1 rings (SSSR count). The minimum atomic E-state index is -0.898. The maximum Gasteiger partial charge on any atom is 0.0558 e. The second kappa shape index (κ2) is 3.91. The van der Waals surface area contributed by atoms with E-state index in [1.165, 1.54) is 0 Å². The van der Waals surface area contributed by atoms with Crippen LogP contribution in [0.1, 0.15) is 0 Å². The van der Waals surface area contributed by atoms with E-state index < -0.39 is 8.07 Å². The Labute approximate surface area is 86.7 Å². The van der Waals surface area contributed by atoms with Crippen molar-refractivity contribution in [2.45, 2.75) is 25.2 Å². The molecule has 51 valence electrons. The molecule has 0 N–H and O–H groups in total. The Morgan fingerprint density at radius 3 is 1.60 bits per heavy atom. The van der Waals surface area contributed by atoms with Gasteiger partial charge in [0.05, 0.1) is 8.07 Å². The fourth-order valence-electron chi connectivity index (χ4n) is 1.01. The van der Waals surface area contributed by atoms with Crippen LogP contribution < -0.4 is 0 Å². The fraction of sp³-hybridized carbons (Fsp3) is 0.500. The van der Waals surface area contributed by atoms with Crippen LogP contribution in [0.5, 0.6) is 0 Å². The quantitative estimate of drug-likeness (QED) is 0.518. The third-order valence-corrected chi connectivity index (χ3v) is 4.13. The first-order valence-electron chi connectivity index (χ1n) is 3.46. The van der Waals surface area contributed by atoms with E-state index in [4.69, 9.17) is 0 Å². The molecule has 1 radical (unpaired) electrons. The van der Waals surface area contributed by atoms with E-state index in [-0.39, 0.29) is 29.6 Å². The second-order valence-corrected chi connectivity index (χ2v) is 9.06. The van der Waals surface area contributed by atoms with Gasteiger partial charge in [-0.3, -0.25) is 0 Å². The molecule has 0 aromatic heterocycles. The summed E-state index contributed by atoms with van der Waals surface area (Å²) in [5.41, 5.74) is 0.789. The third kappa shape index (κ3) is 2.75. The van der Waals surface area contributed by atoms with E-state index in [1.54, 1.807) is 0 Å². The van der Waals surface area contributed by atoms with Gasteiger partial charge in [0.15, 0.2) is 0 Å². The monoisotopic (exact) mass is 161 g/mol. The zero-order valence-electron chi connectivity index (χ0n) is 7.39. The average Bonchev–Trinajstić information content (AvgIpc) is 2.08. The van der Waals surface area contributed by atoms with E-state index in [9.17, 15) is 0 Å². The van der Waals surface area contributed by atoms with Crippen molar-refractivity contribution in [1.29, 1.82) is 0 Å². The van der Waals surface area contributed by atoms with Gasteiger partial charge in [0.2, 0.25) is 0 Å². The molecule has 0 saturated carbocycles. The molecule has 0 heterocycles. The predicted molar refractivity (Wildman–Crippen MR) is 51.1 cm³/mol. The molecule has 2 heteroatoms. The molecule has 0 bridgehead atoms. The van der Waals surface area contributed by atoms with Crippen LogP contribution >= 0.6 is 0 Å². The van der Waals surface area contributed by atoms with Gasteiger partial charge in [0, 0.05) is 29.6 Å². The Hall–Kier alpha value is 0.697. The largest absolute Gasteiger partial charge is 0.0804 e. The molecule has 0 aromatic rings. The van der Waals surface area contributed by atoms with E-state index in [1.807, 2.05) is 0 Å². The zero-order chi connectivity index (χ0) is 6.91. The molecule has 0 saturated heterocycles. The van der Waals surface area contributed by atoms with Crippen molar-refractivity contribution < 1.29 is 0 Å². The van der Waals surface area contributed by atoms with Crippen molar-refractivity contribution in [2.24, 2.45) is 0 Å². The number of hydrogen-bond acceptors (Lipinski definition) is 0. The topological polar surface area (TPSA) is 0 Å². The SMILES string of the molecule is C[Si](C)(C)C1C=CC=C1.[Na]. The second-order valence-electron chi connectivity index (χ2n) is 3.66. The first-order valence-corrected chi connectivity index (χ1v) is 7.03. The Morgan fingerprint density at radius 1 is 1.00 bits per heavy atom. The maximum atomic E-state index is 2.40. The summed E-state index contributed by atoms with van der Waals surface area (Å²) in [6.45, 7) is 7.20. The Balaban J connectivity index is 0.000000810. The summed E-state index contributed by atoms with van der Waals surface area (Å²) in [4.78, 5) is 0. The van der Waals surface area contributed by atoms with E-state index in [0.29, 0.717) is 0 Å². The molecule has 10 heavy (non-hydrogen) atoms. The fourth-order valence-corrected chi connectivity index (χ4v) is 2.39.